The fraction of sp³-hybridized carbons (Fsp3) is 0.429. The second kappa shape index (κ2) is 8.47. The average Bonchev–Trinajstić information content (AvgIpc) is 2.41. The fourth-order valence-electron chi connectivity index (χ4n) is 2.35. The fourth-order valence-corrected chi connectivity index (χ4v) is 2.35. The average molecular weight is 323 g/mol. The molecule has 1 heterocycles. The summed E-state index contributed by atoms with van der Waals surface area (Å²) in [5.41, 5.74) is 1.05. The van der Waals surface area contributed by atoms with Crippen LogP contribution in [-0.2, 0) is 0 Å². The predicted molar refractivity (Wildman–Crippen MR) is 84.7 cm³/mol. The molecule has 0 aromatic heterocycles. The highest BCUT2D eigenvalue weighted by Crippen LogP contribution is 2.33. The van der Waals surface area contributed by atoms with E-state index in [-0.39, 0.29) is 36.6 Å². The van der Waals surface area contributed by atoms with Crippen molar-refractivity contribution in [1.29, 1.82) is 0 Å². The second-order valence-corrected chi connectivity index (χ2v) is 4.60. The van der Waals surface area contributed by atoms with E-state index in [1.165, 1.54) is 0 Å². The molecule has 0 saturated carbocycles. The lowest BCUT2D eigenvalue weighted by molar-refractivity contribution is 0.200. The lowest BCUT2D eigenvalue weighted by Crippen LogP contribution is -2.44. The van der Waals surface area contributed by atoms with Gasteiger partial charge in [0.05, 0.1) is 6.04 Å². The number of piperazine rings is 1. The van der Waals surface area contributed by atoms with Gasteiger partial charge in [0.1, 0.15) is 0 Å². The maximum Gasteiger partial charge on any atom is 0.168 e. The van der Waals surface area contributed by atoms with E-state index in [9.17, 15) is 9.50 Å². The molecule has 1 aromatic rings. The molecular weight excluding hydrogens is 302 g/mol. The molecule has 0 spiro atoms. The Bertz CT molecular complexity index is 451. The molecule has 0 bridgehead atoms. The molecular formula is C14H21Cl2FN2O. The van der Waals surface area contributed by atoms with E-state index in [0.29, 0.717) is 11.1 Å². The van der Waals surface area contributed by atoms with Crippen molar-refractivity contribution >= 4 is 24.8 Å². The molecule has 1 aliphatic heterocycles. The Kier molecular flexibility index (Phi) is 8.13. The molecule has 2 rings (SSSR count). The summed E-state index contributed by atoms with van der Waals surface area (Å²) in [4.78, 5) is 2.19. The third-order valence-electron chi connectivity index (χ3n) is 3.43. The Labute approximate surface area is 131 Å². The quantitative estimate of drug-likeness (QED) is 0.840. The van der Waals surface area contributed by atoms with Gasteiger partial charge in [-0.25, -0.2) is 4.39 Å². The lowest BCUT2D eigenvalue weighted by atomic mass is 10.0. The van der Waals surface area contributed by atoms with Crippen LogP contribution in [0.1, 0.15) is 17.2 Å². The highest BCUT2D eigenvalue weighted by molar-refractivity contribution is 5.85. The zero-order chi connectivity index (χ0) is 13.1. The van der Waals surface area contributed by atoms with Gasteiger partial charge in [-0.15, -0.1) is 31.4 Å². The molecule has 1 aromatic carbocycles. The Morgan fingerprint density at radius 1 is 1.35 bits per heavy atom. The number of phenols is 1. The number of halogens is 3. The molecule has 1 atom stereocenters. The first kappa shape index (κ1) is 19.2. The number of benzene rings is 1. The van der Waals surface area contributed by atoms with Crippen LogP contribution >= 0.6 is 24.8 Å². The minimum atomic E-state index is -0.533. The summed E-state index contributed by atoms with van der Waals surface area (Å²) in [6, 6.07) is 3.34. The van der Waals surface area contributed by atoms with Crippen molar-refractivity contribution in [2.24, 2.45) is 0 Å². The number of phenolic OH excluding ortho intramolecular Hbond substituents is 1. The number of rotatable bonds is 3. The Balaban J connectivity index is 0.00000180. The molecule has 0 amide bonds. The largest absolute Gasteiger partial charge is 0.505 e. The topological polar surface area (TPSA) is 35.5 Å². The predicted octanol–water partition coefficient (Wildman–Crippen LogP) is 2.82. The van der Waals surface area contributed by atoms with Gasteiger partial charge >= 0.3 is 0 Å². The van der Waals surface area contributed by atoms with Crippen LogP contribution in [0.25, 0.3) is 0 Å². The zero-order valence-electron chi connectivity index (χ0n) is 11.4. The van der Waals surface area contributed by atoms with Gasteiger partial charge in [0.25, 0.3) is 0 Å². The first-order chi connectivity index (χ1) is 8.65. The summed E-state index contributed by atoms with van der Waals surface area (Å²) in [5, 5.41) is 13.2. The van der Waals surface area contributed by atoms with Gasteiger partial charge in [-0.3, -0.25) is 4.90 Å². The van der Waals surface area contributed by atoms with Crippen molar-refractivity contribution in [3.8, 4) is 5.75 Å². The molecule has 1 fully saturated rings. The highest BCUT2D eigenvalue weighted by Gasteiger charge is 2.23. The van der Waals surface area contributed by atoms with Gasteiger partial charge in [-0.05, 0) is 12.5 Å². The van der Waals surface area contributed by atoms with E-state index < -0.39 is 5.82 Å². The number of hydrogen-bond acceptors (Lipinski definition) is 3. The van der Waals surface area contributed by atoms with Crippen LogP contribution in [0, 0.1) is 12.7 Å². The van der Waals surface area contributed by atoms with Gasteiger partial charge in [0.15, 0.2) is 11.6 Å². The van der Waals surface area contributed by atoms with Crippen molar-refractivity contribution in [2.45, 2.75) is 13.0 Å². The van der Waals surface area contributed by atoms with Crippen molar-refractivity contribution in [3.05, 3.63) is 41.7 Å². The lowest BCUT2D eigenvalue weighted by Gasteiger charge is -2.33. The Morgan fingerprint density at radius 2 is 1.95 bits per heavy atom. The number of aryl methyl sites for hydroxylation is 1. The van der Waals surface area contributed by atoms with Crippen LogP contribution in [0.3, 0.4) is 0 Å². The highest BCUT2D eigenvalue weighted by atomic mass is 35.5. The molecule has 20 heavy (non-hydrogen) atoms. The molecule has 1 saturated heterocycles. The van der Waals surface area contributed by atoms with Crippen molar-refractivity contribution in [1.82, 2.24) is 10.2 Å². The monoisotopic (exact) mass is 322 g/mol. The smallest absolute Gasteiger partial charge is 0.168 e. The third-order valence-corrected chi connectivity index (χ3v) is 3.43. The van der Waals surface area contributed by atoms with Gasteiger partial charge in [0.2, 0.25) is 0 Å². The number of aromatic hydroxyl groups is 1. The van der Waals surface area contributed by atoms with Crippen LogP contribution in [0.5, 0.6) is 5.75 Å². The van der Waals surface area contributed by atoms with Crippen LogP contribution in [0.15, 0.2) is 24.8 Å². The van der Waals surface area contributed by atoms with Crippen molar-refractivity contribution in [2.75, 3.05) is 26.2 Å². The summed E-state index contributed by atoms with van der Waals surface area (Å²) >= 11 is 0. The molecule has 0 unspecified atom stereocenters. The Hall–Kier alpha value is -0.810. The first-order valence-electron chi connectivity index (χ1n) is 6.20. The minimum absolute atomic E-state index is 0. The maximum atomic E-state index is 13.7. The van der Waals surface area contributed by atoms with Crippen LogP contribution < -0.4 is 5.32 Å². The molecule has 1 aliphatic rings. The van der Waals surface area contributed by atoms with Gasteiger partial charge in [0, 0.05) is 31.7 Å². The van der Waals surface area contributed by atoms with Crippen molar-refractivity contribution in [3.63, 3.8) is 0 Å². The molecule has 0 aliphatic carbocycles. The van der Waals surface area contributed by atoms with Crippen LogP contribution in [-0.4, -0.2) is 36.2 Å². The van der Waals surface area contributed by atoms with Gasteiger partial charge in [-0.2, -0.15) is 0 Å². The van der Waals surface area contributed by atoms with E-state index in [4.69, 9.17) is 0 Å². The molecule has 0 radical (unpaired) electrons. The SMILES string of the molecule is C=C[C@H](c1ccc(C)c(F)c1O)N1CCNCC1.Cl.Cl. The maximum absolute atomic E-state index is 13.7. The summed E-state index contributed by atoms with van der Waals surface area (Å²) in [7, 11) is 0. The second-order valence-electron chi connectivity index (χ2n) is 4.60. The standard InChI is InChI=1S/C14H19FN2O.2ClH/c1-3-12(17-8-6-16-7-9-17)11-5-4-10(2)13(15)14(11)18;;/h3-5,12,16,18H,1,6-9H2,2H3;2*1H/t12-;;/m1../s1. The third kappa shape index (κ3) is 3.85. The van der Waals surface area contributed by atoms with Gasteiger partial charge < -0.3 is 10.4 Å². The zero-order valence-corrected chi connectivity index (χ0v) is 13.1. The first-order valence-corrected chi connectivity index (χ1v) is 6.20. The van der Waals surface area contributed by atoms with E-state index >= 15 is 0 Å². The number of hydrogen-bond donors (Lipinski definition) is 2. The summed E-state index contributed by atoms with van der Waals surface area (Å²) in [5.74, 6) is -0.784. The van der Waals surface area contributed by atoms with E-state index in [0.717, 1.165) is 26.2 Å². The molecule has 2 N–H and O–H groups in total. The van der Waals surface area contributed by atoms with E-state index in [1.54, 1.807) is 25.1 Å². The van der Waals surface area contributed by atoms with Crippen molar-refractivity contribution < 1.29 is 9.50 Å². The summed E-state index contributed by atoms with van der Waals surface area (Å²) < 4.78 is 13.7. The summed E-state index contributed by atoms with van der Waals surface area (Å²) in [6.45, 7) is 8.99. The Morgan fingerprint density at radius 3 is 2.50 bits per heavy atom. The molecule has 114 valence electrons. The molecule has 6 heteroatoms. The van der Waals surface area contributed by atoms with Crippen LogP contribution in [0.2, 0.25) is 0 Å². The number of nitrogens with one attached hydrogen (secondary N) is 1. The minimum Gasteiger partial charge on any atom is -0.505 e. The van der Waals surface area contributed by atoms with E-state index in [2.05, 4.69) is 16.8 Å². The van der Waals surface area contributed by atoms with E-state index in [1.807, 2.05) is 0 Å². The van der Waals surface area contributed by atoms with Crippen LogP contribution in [0.4, 0.5) is 4.39 Å². The normalized spacial score (nSPS) is 16.7. The number of nitrogens with zero attached hydrogens (tertiary/aromatic N) is 1. The molecule has 3 nitrogen and oxygen atoms in total. The van der Waals surface area contributed by atoms with Gasteiger partial charge in [-0.1, -0.05) is 18.2 Å². The summed E-state index contributed by atoms with van der Waals surface area (Å²) in [6.07, 6.45) is 1.76.